The summed E-state index contributed by atoms with van der Waals surface area (Å²) in [6.45, 7) is 10.5. The predicted molar refractivity (Wildman–Crippen MR) is 179 cm³/mol. The fraction of sp³-hybridized carbons (Fsp3) is 0.444. The number of nitrogens with one attached hydrogen (secondary N) is 1. The third-order valence-corrected chi connectivity index (χ3v) is 9.59. The molecule has 2 aromatic carbocycles. The molecule has 4 heterocycles. The van der Waals surface area contributed by atoms with E-state index in [2.05, 4.69) is 71.1 Å². The second kappa shape index (κ2) is 13.3. The highest BCUT2D eigenvalue weighted by molar-refractivity contribution is 5.97. The Hall–Kier alpha value is -4.56. The number of benzene rings is 2. The quantitative estimate of drug-likeness (QED) is 0.357. The van der Waals surface area contributed by atoms with Gasteiger partial charge in [-0.1, -0.05) is 36.9 Å². The number of carbonyl (C=O) groups excluding carboxylic acids is 2. The number of piperazine rings is 1. The SMILES string of the molecule is C=CC(=O)N1CCN(c2cc(C(=O)NC(C)CN3CCC(F)(F)C3)nc3c2CCN(c2cccc4cccc(C)c24)C3)C[C@@H]1CC#N. The van der Waals surface area contributed by atoms with E-state index in [1.807, 2.05) is 13.0 Å². The molecule has 0 aliphatic carbocycles. The van der Waals surface area contributed by atoms with Crippen LogP contribution in [0.5, 0.6) is 0 Å². The summed E-state index contributed by atoms with van der Waals surface area (Å²) in [7, 11) is 0. The number of hydrogen-bond donors (Lipinski definition) is 1. The number of rotatable bonds is 8. The lowest BCUT2D eigenvalue weighted by Gasteiger charge is -2.43. The van der Waals surface area contributed by atoms with Gasteiger partial charge in [0, 0.05) is 74.1 Å². The van der Waals surface area contributed by atoms with Gasteiger partial charge in [0.15, 0.2) is 0 Å². The van der Waals surface area contributed by atoms with Crippen LogP contribution in [0.1, 0.15) is 47.1 Å². The number of nitrogens with zero attached hydrogens (tertiary/aromatic N) is 6. The number of alkyl halides is 2. The van der Waals surface area contributed by atoms with Crippen molar-refractivity contribution < 1.29 is 18.4 Å². The van der Waals surface area contributed by atoms with Gasteiger partial charge in [0.1, 0.15) is 5.69 Å². The van der Waals surface area contributed by atoms with Crippen LogP contribution in [0.25, 0.3) is 10.8 Å². The van der Waals surface area contributed by atoms with Crippen LogP contribution in [0.4, 0.5) is 20.2 Å². The van der Waals surface area contributed by atoms with Gasteiger partial charge in [-0.05, 0) is 49.4 Å². The molecule has 2 saturated heterocycles. The van der Waals surface area contributed by atoms with E-state index in [-0.39, 0.29) is 49.0 Å². The summed E-state index contributed by atoms with van der Waals surface area (Å²) >= 11 is 0. The first kappa shape index (κ1) is 32.4. The minimum Gasteiger partial charge on any atom is -0.367 e. The van der Waals surface area contributed by atoms with Crippen molar-refractivity contribution in [3.05, 3.63) is 77.6 Å². The fourth-order valence-electron chi connectivity index (χ4n) is 7.35. The highest BCUT2D eigenvalue weighted by Crippen LogP contribution is 2.36. The second-order valence-electron chi connectivity index (χ2n) is 13.0. The van der Waals surface area contributed by atoms with Crippen molar-refractivity contribution in [2.75, 3.05) is 55.6 Å². The molecule has 0 saturated carbocycles. The predicted octanol–water partition coefficient (Wildman–Crippen LogP) is 4.68. The lowest BCUT2D eigenvalue weighted by molar-refractivity contribution is -0.128. The lowest BCUT2D eigenvalue weighted by atomic mass is 9.97. The van der Waals surface area contributed by atoms with E-state index in [9.17, 15) is 23.6 Å². The smallest absolute Gasteiger partial charge is 0.270 e. The van der Waals surface area contributed by atoms with Crippen molar-refractivity contribution in [2.24, 2.45) is 0 Å². The van der Waals surface area contributed by atoms with E-state index in [1.54, 1.807) is 9.80 Å². The van der Waals surface area contributed by atoms with Gasteiger partial charge in [0.25, 0.3) is 11.8 Å². The zero-order chi connectivity index (χ0) is 33.3. The molecule has 0 spiro atoms. The number of amides is 2. The Labute approximate surface area is 274 Å². The van der Waals surface area contributed by atoms with Gasteiger partial charge in [-0.25, -0.2) is 13.8 Å². The van der Waals surface area contributed by atoms with Gasteiger partial charge in [0.2, 0.25) is 5.91 Å². The number of carbonyl (C=O) groups is 2. The number of aromatic nitrogens is 1. The summed E-state index contributed by atoms with van der Waals surface area (Å²) in [5, 5.41) is 14.9. The van der Waals surface area contributed by atoms with Crippen LogP contribution in [0.2, 0.25) is 0 Å². The minimum atomic E-state index is -2.70. The first-order chi connectivity index (χ1) is 22.6. The molecule has 11 heteroatoms. The number of hydrogen-bond acceptors (Lipinski definition) is 7. The maximum Gasteiger partial charge on any atom is 0.270 e. The van der Waals surface area contributed by atoms with E-state index in [0.717, 1.165) is 34.6 Å². The Morgan fingerprint density at radius 1 is 1.15 bits per heavy atom. The molecule has 1 N–H and O–H groups in total. The molecule has 3 aromatic rings. The molecule has 47 heavy (non-hydrogen) atoms. The van der Waals surface area contributed by atoms with Gasteiger partial charge in [-0.2, -0.15) is 5.26 Å². The highest BCUT2D eigenvalue weighted by atomic mass is 19.3. The molecule has 2 amide bonds. The Balaban J connectivity index is 1.32. The summed E-state index contributed by atoms with van der Waals surface area (Å²) in [6.07, 6.45) is 1.99. The van der Waals surface area contributed by atoms with Crippen LogP contribution in [-0.2, 0) is 17.8 Å². The molecule has 3 aliphatic rings. The number of halogens is 2. The van der Waals surface area contributed by atoms with Crippen molar-refractivity contribution in [1.29, 1.82) is 5.26 Å². The number of nitriles is 1. The monoisotopic (exact) mass is 641 g/mol. The Morgan fingerprint density at radius 3 is 2.66 bits per heavy atom. The van der Waals surface area contributed by atoms with Gasteiger partial charge in [-0.15, -0.1) is 0 Å². The third kappa shape index (κ3) is 6.79. The molecule has 0 bridgehead atoms. The Kier molecular flexibility index (Phi) is 9.15. The van der Waals surface area contributed by atoms with Crippen LogP contribution in [0.3, 0.4) is 0 Å². The standard InChI is InChI=1S/C36H41F2N7O2/c1-4-33(46)45-18-17-44(21-27(45)11-14-39)32-19-29(35(47)40-25(3)20-42-16-13-36(37,38)23-42)41-30-22-43(15-12-28(30)32)31-10-6-9-26-8-5-7-24(2)34(26)31/h4-10,19,25,27H,1,11-13,15-18,20-23H2,2-3H3,(H,40,47)/t25?,27-/m0/s1. The second-order valence-corrected chi connectivity index (χ2v) is 13.0. The number of likely N-dealkylation sites (tertiary alicyclic amines) is 1. The lowest BCUT2D eigenvalue weighted by Crippen LogP contribution is -2.55. The van der Waals surface area contributed by atoms with Crippen LogP contribution >= 0.6 is 0 Å². The van der Waals surface area contributed by atoms with Crippen molar-refractivity contribution in [3.63, 3.8) is 0 Å². The first-order valence-corrected chi connectivity index (χ1v) is 16.3. The van der Waals surface area contributed by atoms with Crippen LogP contribution in [0, 0.1) is 18.3 Å². The van der Waals surface area contributed by atoms with Crippen molar-refractivity contribution in [1.82, 2.24) is 20.1 Å². The highest BCUT2D eigenvalue weighted by Gasteiger charge is 2.38. The zero-order valence-electron chi connectivity index (χ0n) is 27.0. The summed E-state index contributed by atoms with van der Waals surface area (Å²) in [4.78, 5) is 39.1. The topological polar surface area (TPSA) is 95.8 Å². The molecule has 3 aliphatic heterocycles. The molecule has 6 rings (SSSR count). The molecule has 2 atom stereocenters. The van der Waals surface area contributed by atoms with Crippen LogP contribution in [-0.4, -0.2) is 90.4 Å². The Bertz CT molecular complexity index is 1730. The number of anilines is 2. The molecular formula is C36H41F2N7O2. The number of aryl methyl sites for hydroxylation is 1. The van der Waals surface area contributed by atoms with E-state index in [4.69, 9.17) is 4.98 Å². The Morgan fingerprint density at radius 2 is 1.94 bits per heavy atom. The summed E-state index contributed by atoms with van der Waals surface area (Å²) < 4.78 is 27.6. The average molecular weight is 642 g/mol. The van der Waals surface area contributed by atoms with Crippen molar-refractivity contribution in [2.45, 2.75) is 57.7 Å². The van der Waals surface area contributed by atoms with Crippen LogP contribution in [0.15, 0.2) is 55.1 Å². The molecule has 1 aromatic heterocycles. The molecule has 0 radical (unpaired) electrons. The van der Waals surface area contributed by atoms with Gasteiger partial charge in [0.05, 0.1) is 37.3 Å². The van der Waals surface area contributed by atoms with Gasteiger partial charge in [-0.3, -0.25) is 14.5 Å². The molecular weight excluding hydrogens is 600 g/mol. The molecule has 9 nitrogen and oxygen atoms in total. The van der Waals surface area contributed by atoms with E-state index < -0.39 is 5.92 Å². The van der Waals surface area contributed by atoms with E-state index in [0.29, 0.717) is 45.7 Å². The number of fused-ring (bicyclic) bond motifs is 2. The first-order valence-electron chi connectivity index (χ1n) is 16.3. The summed E-state index contributed by atoms with van der Waals surface area (Å²) in [6, 6.07) is 15.9. The number of pyridine rings is 1. The van der Waals surface area contributed by atoms with Gasteiger partial charge < -0.3 is 20.0 Å². The van der Waals surface area contributed by atoms with Crippen LogP contribution < -0.4 is 15.1 Å². The van der Waals surface area contributed by atoms with E-state index >= 15 is 0 Å². The van der Waals surface area contributed by atoms with Crippen molar-refractivity contribution in [3.8, 4) is 6.07 Å². The maximum absolute atomic E-state index is 13.8. The average Bonchev–Trinajstić information content (AvgIpc) is 3.40. The molecule has 246 valence electrons. The van der Waals surface area contributed by atoms with E-state index in [1.165, 1.54) is 17.0 Å². The fourth-order valence-corrected chi connectivity index (χ4v) is 7.35. The minimum absolute atomic E-state index is 0.172. The molecule has 1 unspecified atom stereocenters. The van der Waals surface area contributed by atoms with Gasteiger partial charge >= 0.3 is 0 Å². The normalized spacial score (nSPS) is 20.1. The largest absolute Gasteiger partial charge is 0.367 e. The zero-order valence-corrected chi connectivity index (χ0v) is 27.0. The maximum atomic E-state index is 13.8. The summed E-state index contributed by atoms with van der Waals surface area (Å²) in [5.41, 5.74) is 5.31. The summed E-state index contributed by atoms with van der Waals surface area (Å²) in [5.74, 6) is -3.26. The molecule has 2 fully saturated rings. The third-order valence-electron chi connectivity index (χ3n) is 9.59. The van der Waals surface area contributed by atoms with Crippen molar-refractivity contribution >= 4 is 34.0 Å².